The Hall–Kier alpha value is -1.67. The standard InChI is InChI=1S/C12H19N3O4S/c1-4-9(2)8-14-20(18,19)12-7-10(13-3)5-6-11(12)15(16)17/h5-7,9,13-14H,4,8H2,1-3H3. The predicted molar refractivity (Wildman–Crippen MR) is 77.3 cm³/mol. The van der Waals surface area contributed by atoms with Gasteiger partial charge in [-0.1, -0.05) is 20.3 Å². The highest BCUT2D eigenvalue weighted by Crippen LogP contribution is 2.26. The van der Waals surface area contributed by atoms with Gasteiger partial charge in [0.15, 0.2) is 4.90 Å². The minimum atomic E-state index is -3.91. The first-order valence-corrected chi connectivity index (χ1v) is 7.76. The van der Waals surface area contributed by atoms with Crippen LogP contribution in [0.15, 0.2) is 23.1 Å². The Morgan fingerprint density at radius 2 is 2.05 bits per heavy atom. The van der Waals surface area contributed by atoms with E-state index in [-0.39, 0.29) is 17.4 Å². The lowest BCUT2D eigenvalue weighted by molar-refractivity contribution is -0.387. The van der Waals surface area contributed by atoms with E-state index in [9.17, 15) is 18.5 Å². The minimum Gasteiger partial charge on any atom is -0.388 e. The number of rotatable bonds is 7. The average molecular weight is 301 g/mol. The molecule has 0 fully saturated rings. The van der Waals surface area contributed by atoms with Crippen molar-refractivity contribution in [2.24, 2.45) is 5.92 Å². The highest BCUT2D eigenvalue weighted by molar-refractivity contribution is 7.89. The van der Waals surface area contributed by atoms with Gasteiger partial charge in [-0.15, -0.1) is 0 Å². The van der Waals surface area contributed by atoms with Gasteiger partial charge in [-0.25, -0.2) is 13.1 Å². The van der Waals surface area contributed by atoms with Crippen molar-refractivity contribution in [2.75, 3.05) is 18.9 Å². The van der Waals surface area contributed by atoms with Crippen LogP contribution in [0.5, 0.6) is 0 Å². The second kappa shape index (κ2) is 6.67. The van der Waals surface area contributed by atoms with Gasteiger partial charge in [-0.05, 0) is 18.1 Å². The molecule has 0 bridgehead atoms. The first-order chi connectivity index (χ1) is 9.31. The van der Waals surface area contributed by atoms with Gasteiger partial charge >= 0.3 is 0 Å². The molecule has 0 aliphatic rings. The van der Waals surface area contributed by atoms with E-state index in [2.05, 4.69) is 10.0 Å². The quantitative estimate of drug-likeness (QED) is 0.592. The monoisotopic (exact) mass is 301 g/mol. The molecule has 1 atom stereocenters. The Bertz CT molecular complexity index is 586. The van der Waals surface area contributed by atoms with Crippen molar-refractivity contribution in [3.05, 3.63) is 28.3 Å². The summed E-state index contributed by atoms with van der Waals surface area (Å²) in [5, 5.41) is 13.7. The zero-order valence-electron chi connectivity index (χ0n) is 11.7. The van der Waals surface area contributed by atoms with Crippen LogP contribution in [0.1, 0.15) is 20.3 Å². The number of anilines is 1. The lowest BCUT2D eigenvalue weighted by Gasteiger charge is -2.12. The number of benzene rings is 1. The molecule has 1 aromatic carbocycles. The van der Waals surface area contributed by atoms with Crippen LogP contribution in [0, 0.1) is 16.0 Å². The maximum Gasteiger partial charge on any atom is 0.289 e. The van der Waals surface area contributed by atoms with E-state index in [1.807, 2.05) is 13.8 Å². The molecule has 0 amide bonds. The average Bonchev–Trinajstić information content (AvgIpc) is 2.43. The zero-order valence-corrected chi connectivity index (χ0v) is 12.5. The fourth-order valence-corrected chi connectivity index (χ4v) is 2.87. The maximum absolute atomic E-state index is 12.2. The molecule has 20 heavy (non-hydrogen) atoms. The summed E-state index contributed by atoms with van der Waals surface area (Å²) in [6.07, 6.45) is 0.821. The molecule has 0 heterocycles. The second-order valence-corrected chi connectivity index (χ2v) is 6.29. The molecule has 8 heteroatoms. The van der Waals surface area contributed by atoms with Crippen molar-refractivity contribution >= 4 is 21.4 Å². The summed E-state index contributed by atoms with van der Waals surface area (Å²) in [5.74, 6) is 0.163. The molecule has 1 aromatic rings. The van der Waals surface area contributed by atoms with Crippen LogP contribution < -0.4 is 10.0 Å². The van der Waals surface area contributed by atoms with Crippen molar-refractivity contribution in [3.8, 4) is 0 Å². The third kappa shape index (κ3) is 3.91. The molecule has 0 aliphatic heterocycles. The van der Waals surface area contributed by atoms with Crippen molar-refractivity contribution in [2.45, 2.75) is 25.2 Å². The molecule has 0 aliphatic carbocycles. The molecule has 0 radical (unpaired) electrons. The van der Waals surface area contributed by atoms with Gasteiger partial charge in [0.05, 0.1) is 4.92 Å². The predicted octanol–water partition coefficient (Wildman–Crippen LogP) is 1.96. The Morgan fingerprint density at radius 1 is 1.40 bits per heavy atom. The van der Waals surface area contributed by atoms with Crippen molar-refractivity contribution in [3.63, 3.8) is 0 Å². The molecule has 112 valence electrons. The molecule has 0 saturated heterocycles. The molecule has 2 N–H and O–H groups in total. The van der Waals surface area contributed by atoms with E-state index in [0.717, 1.165) is 6.42 Å². The van der Waals surface area contributed by atoms with Crippen LogP contribution in [0.4, 0.5) is 11.4 Å². The Balaban J connectivity index is 3.18. The van der Waals surface area contributed by atoms with Crippen LogP contribution in [-0.4, -0.2) is 26.9 Å². The highest BCUT2D eigenvalue weighted by atomic mass is 32.2. The zero-order chi connectivity index (χ0) is 15.3. The number of nitrogens with one attached hydrogen (secondary N) is 2. The summed E-state index contributed by atoms with van der Waals surface area (Å²) < 4.78 is 26.8. The number of hydrogen-bond donors (Lipinski definition) is 2. The third-order valence-electron chi connectivity index (χ3n) is 3.05. The van der Waals surface area contributed by atoms with Crippen LogP contribution in [0.25, 0.3) is 0 Å². The van der Waals surface area contributed by atoms with E-state index in [1.54, 1.807) is 7.05 Å². The Labute approximate surface area is 118 Å². The minimum absolute atomic E-state index is 0.163. The molecule has 1 rings (SSSR count). The summed E-state index contributed by atoms with van der Waals surface area (Å²) in [4.78, 5) is 9.94. The number of nitro groups is 1. The van der Waals surface area contributed by atoms with Gasteiger partial charge in [-0.3, -0.25) is 10.1 Å². The summed E-state index contributed by atoms with van der Waals surface area (Å²) >= 11 is 0. The van der Waals surface area contributed by atoms with Gasteiger partial charge in [0, 0.05) is 25.3 Å². The van der Waals surface area contributed by atoms with Crippen molar-refractivity contribution in [1.82, 2.24) is 4.72 Å². The fourth-order valence-electron chi connectivity index (χ4n) is 1.51. The lowest BCUT2D eigenvalue weighted by Crippen LogP contribution is -2.28. The van der Waals surface area contributed by atoms with E-state index in [1.165, 1.54) is 18.2 Å². The van der Waals surface area contributed by atoms with Crippen LogP contribution in [-0.2, 0) is 10.0 Å². The summed E-state index contributed by atoms with van der Waals surface area (Å²) in [5.41, 5.74) is 0.0696. The van der Waals surface area contributed by atoms with Gasteiger partial charge in [0.25, 0.3) is 5.69 Å². The molecule has 7 nitrogen and oxygen atoms in total. The van der Waals surface area contributed by atoms with Crippen LogP contribution >= 0.6 is 0 Å². The van der Waals surface area contributed by atoms with E-state index in [4.69, 9.17) is 0 Å². The van der Waals surface area contributed by atoms with Crippen LogP contribution in [0.2, 0.25) is 0 Å². The first-order valence-electron chi connectivity index (χ1n) is 6.27. The molecule has 0 spiro atoms. The summed E-state index contributed by atoms with van der Waals surface area (Å²) in [6.45, 7) is 4.10. The van der Waals surface area contributed by atoms with E-state index >= 15 is 0 Å². The topological polar surface area (TPSA) is 101 Å². The maximum atomic E-state index is 12.2. The van der Waals surface area contributed by atoms with E-state index < -0.39 is 20.6 Å². The van der Waals surface area contributed by atoms with Gasteiger partial charge in [0.2, 0.25) is 10.0 Å². The first kappa shape index (κ1) is 16.4. The van der Waals surface area contributed by atoms with Crippen molar-refractivity contribution < 1.29 is 13.3 Å². The largest absolute Gasteiger partial charge is 0.388 e. The van der Waals surface area contributed by atoms with Gasteiger partial charge < -0.3 is 5.32 Å². The van der Waals surface area contributed by atoms with Gasteiger partial charge in [0.1, 0.15) is 0 Å². The Morgan fingerprint density at radius 3 is 2.55 bits per heavy atom. The number of sulfonamides is 1. The SMILES string of the molecule is CCC(C)CNS(=O)(=O)c1cc(NC)ccc1[N+](=O)[O-]. The smallest absolute Gasteiger partial charge is 0.289 e. The lowest BCUT2D eigenvalue weighted by atomic mass is 10.1. The normalized spacial score (nSPS) is 12.9. The van der Waals surface area contributed by atoms with Crippen molar-refractivity contribution in [1.29, 1.82) is 0 Å². The van der Waals surface area contributed by atoms with Crippen LogP contribution in [0.3, 0.4) is 0 Å². The second-order valence-electron chi connectivity index (χ2n) is 4.55. The fraction of sp³-hybridized carbons (Fsp3) is 0.500. The molecular weight excluding hydrogens is 282 g/mol. The molecular formula is C12H19N3O4S. The summed E-state index contributed by atoms with van der Waals surface area (Å²) in [7, 11) is -2.29. The number of hydrogen-bond acceptors (Lipinski definition) is 5. The van der Waals surface area contributed by atoms with E-state index in [0.29, 0.717) is 5.69 Å². The molecule has 0 aromatic heterocycles. The summed E-state index contributed by atoms with van der Waals surface area (Å²) in [6, 6.07) is 3.91. The Kier molecular flexibility index (Phi) is 5.46. The highest BCUT2D eigenvalue weighted by Gasteiger charge is 2.26. The van der Waals surface area contributed by atoms with Gasteiger partial charge in [-0.2, -0.15) is 0 Å². The molecule has 1 unspecified atom stereocenters. The number of nitro benzene ring substituents is 1. The third-order valence-corrected chi connectivity index (χ3v) is 4.51. The number of nitrogens with zero attached hydrogens (tertiary/aromatic N) is 1. The molecule has 0 saturated carbocycles.